The standard InChI is InChI=1S/C15H23N5O4S/c1-21-4-5-24-12-11(23-3)9(6-22-2)25-15(12)20-8-19-10-13(16)17-7-18-14(10)20/h7-9,11-12,15H,4-6H2,1-3H3,(H2,16,17,18)/t9-,11?,12+,15-/m1/s1. The van der Waals surface area contributed by atoms with Crippen LogP contribution in [0.25, 0.3) is 11.2 Å². The average Bonchev–Trinajstić information content (AvgIpc) is 3.18. The number of rotatable bonds is 8. The van der Waals surface area contributed by atoms with E-state index in [1.807, 2.05) is 4.57 Å². The molecular formula is C15H23N5O4S. The minimum Gasteiger partial charge on any atom is -0.383 e. The van der Waals surface area contributed by atoms with Crippen LogP contribution in [0.5, 0.6) is 0 Å². The van der Waals surface area contributed by atoms with Crippen LogP contribution in [0, 0.1) is 0 Å². The molecule has 0 bridgehead atoms. The Morgan fingerprint density at radius 1 is 1.12 bits per heavy atom. The molecule has 2 N–H and O–H groups in total. The molecular weight excluding hydrogens is 346 g/mol. The van der Waals surface area contributed by atoms with Gasteiger partial charge in [0.15, 0.2) is 11.5 Å². The maximum Gasteiger partial charge on any atom is 0.166 e. The summed E-state index contributed by atoms with van der Waals surface area (Å²) in [5, 5.41) is 0.0606. The number of nitrogens with two attached hydrogens (primary N) is 1. The number of thioether (sulfide) groups is 1. The number of imidazole rings is 1. The zero-order chi connectivity index (χ0) is 17.8. The van der Waals surface area contributed by atoms with Gasteiger partial charge in [0, 0.05) is 21.3 Å². The van der Waals surface area contributed by atoms with Gasteiger partial charge in [0.25, 0.3) is 0 Å². The van der Waals surface area contributed by atoms with Crippen molar-refractivity contribution in [1.82, 2.24) is 19.5 Å². The normalized spacial score (nSPS) is 26.5. The molecule has 3 rings (SSSR count). The van der Waals surface area contributed by atoms with Gasteiger partial charge in [0.1, 0.15) is 29.4 Å². The molecule has 0 aromatic carbocycles. The van der Waals surface area contributed by atoms with Gasteiger partial charge in [-0.3, -0.25) is 4.57 Å². The lowest BCUT2D eigenvalue weighted by atomic mass is 10.1. The third-order valence-electron chi connectivity index (χ3n) is 4.15. The Kier molecular flexibility index (Phi) is 6.07. The van der Waals surface area contributed by atoms with Crippen LogP contribution >= 0.6 is 11.8 Å². The van der Waals surface area contributed by atoms with E-state index in [1.165, 1.54) is 6.33 Å². The lowest BCUT2D eigenvalue weighted by Crippen LogP contribution is -2.38. The number of hydrogen-bond acceptors (Lipinski definition) is 9. The molecule has 2 aromatic heterocycles. The van der Waals surface area contributed by atoms with Gasteiger partial charge in [-0.1, -0.05) is 0 Å². The maximum absolute atomic E-state index is 6.09. The van der Waals surface area contributed by atoms with Gasteiger partial charge in [0.05, 0.1) is 31.4 Å². The fourth-order valence-electron chi connectivity index (χ4n) is 3.02. The summed E-state index contributed by atoms with van der Waals surface area (Å²) in [6.07, 6.45) is 2.85. The zero-order valence-electron chi connectivity index (χ0n) is 14.5. The third-order valence-corrected chi connectivity index (χ3v) is 5.68. The number of hydrogen-bond donors (Lipinski definition) is 1. The lowest BCUT2D eigenvalue weighted by Gasteiger charge is -2.25. The molecule has 1 aliphatic rings. The molecule has 138 valence electrons. The molecule has 10 heteroatoms. The third kappa shape index (κ3) is 3.58. The van der Waals surface area contributed by atoms with Crippen LogP contribution in [0.1, 0.15) is 5.37 Å². The number of nitrogen functional groups attached to an aromatic ring is 1. The van der Waals surface area contributed by atoms with Gasteiger partial charge >= 0.3 is 0 Å². The molecule has 4 atom stereocenters. The van der Waals surface area contributed by atoms with E-state index in [2.05, 4.69) is 15.0 Å². The molecule has 1 fully saturated rings. The molecule has 1 saturated heterocycles. The van der Waals surface area contributed by atoms with E-state index in [1.54, 1.807) is 39.4 Å². The van der Waals surface area contributed by atoms with Gasteiger partial charge in [-0.2, -0.15) is 0 Å². The van der Waals surface area contributed by atoms with Crippen LogP contribution in [-0.2, 0) is 18.9 Å². The van der Waals surface area contributed by atoms with E-state index in [-0.39, 0.29) is 22.8 Å². The highest BCUT2D eigenvalue weighted by molar-refractivity contribution is 8.00. The first-order chi connectivity index (χ1) is 12.2. The van der Waals surface area contributed by atoms with E-state index in [0.29, 0.717) is 36.8 Å². The molecule has 0 spiro atoms. The number of methoxy groups -OCH3 is 3. The molecule has 25 heavy (non-hydrogen) atoms. The minimum absolute atomic E-state index is 0.0683. The second kappa shape index (κ2) is 8.28. The molecule has 0 saturated carbocycles. The van der Waals surface area contributed by atoms with E-state index < -0.39 is 0 Å². The van der Waals surface area contributed by atoms with Crippen molar-refractivity contribution in [3.05, 3.63) is 12.7 Å². The Hall–Kier alpha value is -1.46. The van der Waals surface area contributed by atoms with Crippen LogP contribution in [0.4, 0.5) is 5.82 Å². The topological polar surface area (TPSA) is 107 Å². The first-order valence-corrected chi connectivity index (χ1v) is 8.86. The van der Waals surface area contributed by atoms with Crippen molar-refractivity contribution in [1.29, 1.82) is 0 Å². The van der Waals surface area contributed by atoms with E-state index >= 15 is 0 Å². The predicted octanol–water partition coefficient (Wildman–Crippen LogP) is 0.715. The first-order valence-electron chi connectivity index (χ1n) is 7.92. The molecule has 3 heterocycles. The summed E-state index contributed by atoms with van der Waals surface area (Å²) in [7, 11) is 5.02. The van der Waals surface area contributed by atoms with Crippen molar-refractivity contribution in [2.45, 2.75) is 22.8 Å². The number of aromatic nitrogens is 4. The summed E-state index contributed by atoms with van der Waals surface area (Å²) in [6.45, 7) is 1.55. The average molecular weight is 369 g/mol. The second-order valence-corrected chi connectivity index (χ2v) is 6.99. The van der Waals surface area contributed by atoms with Crippen molar-refractivity contribution < 1.29 is 18.9 Å². The number of nitrogens with zero attached hydrogens (tertiary/aromatic N) is 4. The van der Waals surface area contributed by atoms with Crippen LogP contribution in [0.15, 0.2) is 12.7 Å². The Bertz CT molecular complexity index is 700. The fourth-order valence-corrected chi connectivity index (χ4v) is 4.68. The second-order valence-electron chi connectivity index (χ2n) is 5.63. The SMILES string of the molecule is COCCO[C@H]1C(OC)[C@@H](COC)S[C@H]1n1cnc2c(N)ncnc21. The smallest absolute Gasteiger partial charge is 0.166 e. The van der Waals surface area contributed by atoms with Gasteiger partial charge in [0.2, 0.25) is 0 Å². The highest BCUT2D eigenvalue weighted by Gasteiger charge is 2.46. The summed E-state index contributed by atoms with van der Waals surface area (Å²) in [5.41, 5.74) is 7.17. The van der Waals surface area contributed by atoms with E-state index in [0.717, 1.165) is 0 Å². The van der Waals surface area contributed by atoms with Crippen molar-refractivity contribution >= 4 is 28.7 Å². The van der Waals surface area contributed by atoms with Crippen molar-refractivity contribution in [3.63, 3.8) is 0 Å². The number of fused-ring (bicyclic) bond motifs is 1. The fraction of sp³-hybridized carbons (Fsp3) is 0.667. The highest BCUT2D eigenvalue weighted by atomic mass is 32.2. The summed E-state index contributed by atoms with van der Waals surface area (Å²) >= 11 is 1.72. The zero-order valence-corrected chi connectivity index (χ0v) is 15.3. The van der Waals surface area contributed by atoms with Crippen molar-refractivity contribution in [2.75, 3.05) is 46.9 Å². The van der Waals surface area contributed by atoms with Crippen molar-refractivity contribution in [3.8, 4) is 0 Å². The highest BCUT2D eigenvalue weighted by Crippen LogP contribution is 2.45. The number of anilines is 1. The van der Waals surface area contributed by atoms with Gasteiger partial charge < -0.3 is 24.7 Å². The number of ether oxygens (including phenoxy) is 4. The van der Waals surface area contributed by atoms with E-state index in [4.69, 9.17) is 24.7 Å². The molecule has 0 aliphatic carbocycles. The molecule has 2 aromatic rings. The molecule has 0 amide bonds. The predicted molar refractivity (Wildman–Crippen MR) is 94.4 cm³/mol. The largest absolute Gasteiger partial charge is 0.383 e. The van der Waals surface area contributed by atoms with Gasteiger partial charge in [-0.05, 0) is 0 Å². The Labute approximate surface area is 150 Å². The first kappa shape index (κ1) is 18.3. The monoisotopic (exact) mass is 369 g/mol. The lowest BCUT2D eigenvalue weighted by molar-refractivity contribution is -0.0720. The molecule has 1 unspecified atom stereocenters. The van der Waals surface area contributed by atoms with Crippen LogP contribution in [0.2, 0.25) is 0 Å². The Morgan fingerprint density at radius 2 is 1.96 bits per heavy atom. The van der Waals surface area contributed by atoms with Gasteiger partial charge in [-0.25, -0.2) is 15.0 Å². The summed E-state index contributed by atoms with van der Waals surface area (Å²) in [4.78, 5) is 12.7. The summed E-state index contributed by atoms with van der Waals surface area (Å²) in [5.74, 6) is 0.361. The Morgan fingerprint density at radius 3 is 2.68 bits per heavy atom. The minimum atomic E-state index is -0.195. The van der Waals surface area contributed by atoms with Gasteiger partial charge in [-0.15, -0.1) is 11.8 Å². The molecule has 9 nitrogen and oxygen atoms in total. The molecule has 1 aliphatic heterocycles. The van der Waals surface area contributed by atoms with E-state index in [9.17, 15) is 0 Å². The molecule has 0 radical (unpaired) electrons. The maximum atomic E-state index is 6.09. The quantitative estimate of drug-likeness (QED) is 0.673. The summed E-state index contributed by atoms with van der Waals surface area (Å²) in [6, 6.07) is 0. The summed E-state index contributed by atoms with van der Waals surface area (Å²) < 4.78 is 24.2. The van der Waals surface area contributed by atoms with Crippen LogP contribution in [-0.4, -0.2) is 78.1 Å². The Balaban J connectivity index is 1.93. The van der Waals surface area contributed by atoms with Crippen LogP contribution in [0.3, 0.4) is 0 Å². The van der Waals surface area contributed by atoms with Crippen molar-refractivity contribution in [2.24, 2.45) is 0 Å². The van der Waals surface area contributed by atoms with Crippen LogP contribution < -0.4 is 5.73 Å².